The third-order valence-corrected chi connectivity index (χ3v) is 7.05. The number of aromatic nitrogens is 2. The quantitative estimate of drug-likeness (QED) is 0.573. The predicted octanol–water partition coefficient (Wildman–Crippen LogP) is 2.31. The second-order valence-corrected chi connectivity index (χ2v) is 9.94. The van der Waals surface area contributed by atoms with E-state index in [1.54, 1.807) is 23.1 Å². The monoisotopic (exact) mass is 497 g/mol. The predicted molar refractivity (Wildman–Crippen MR) is 129 cm³/mol. The Morgan fingerprint density at radius 3 is 2.58 bits per heavy atom. The number of aromatic amines is 1. The summed E-state index contributed by atoms with van der Waals surface area (Å²) < 4.78 is 19.4. The van der Waals surface area contributed by atoms with Gasteiger partial charge in [0.15, 0.2) is 0 Å². The van der Waals surface area contributed by atoms with Crippen LogP contribution in [0.15, 0.2) is 30.3 Å². The SMILES string of the molecule is O=C1CCCN1CCCN1C[C@@H](OCC2CC2)CN(C(=O)c2cc(-c3ccc(F)cc3)n[nH]2)CC1=O. The maximum absolute atomic E-state index is 13.3. The lowest BCUT2D eigenvalue weighted by atomic mass is 10.1. The Morgan fingerprint density at radius 1 is 1.08 bits per heavy atom. The zero-order valence-corrected chi connectivity index (χ0v) is 20.3. The van der Waals surface area contributed by atoms with Crippen molar-refractivity contribution in [2.45, 2.75) is 38.2 Å². The van der Waals surface area contributed by atoms with E-state index >= 15 is 0 Å². The Morgan fingerprint density at radius 2 is 1.86 bits per heavy atom. The molecule has 36 heavy (non-hydrogen) atoms. The summed E-state index contributed by atoms with van der Waals surface area (Å²) in [5.74, 6) is -0.0593. The average Bonchev–Trinajstić information content (AvgIpc) is 3.46. The molecule has 3 heterocycles. The molecule has 10 heteroatoms. The summed E-state index contributed by atoms with van der Waals surface area (Å²) in [6.45, 7) is 3.26. The van der Waals surface area contributed by atoms with Crippen molar-refractivity contribution in [1.82, 2.24) is 24.9 Å². The lowest BCUT2D eigenvalue weighted by Gasteiger charge is -2.25. The highest BCUT2D eigenvalue weighted by Crippen LogP contribution is 2.29. The molecule has 0 unspecified atom stereocenters. The Kier molecular flexibility index (Phi) is 7.31. The van der Waals surface area contributed by atoms with Crippen molar-refractivity contribution in [3.05, 3.63) is 41.8 Å². The molecule has 0 radical (unpaired) electrons. The number of likely N-dealkylation sites (tertiary alicyclic amines) is 1. The van der Waals surface area contributed by atoms with Crippen molar-refractivity contribution in [3.8, 4) is 11.3 Å². The van der Waals surface area contributed by atoms with Gasteiger partial charge in [0.2, 0.25) is 11.8 Å². The Hall–Kier alpha value is -3.27. The third kappa shape index (κ3) is 5.92. The van der Waals surface area contributed by atoms with Crippen molar-refractivity contribution >= 4 is 17.7 Å². The molecule has 3 aliphatic rings. The smallest absolute Gasteiger partial charge is 0.272 e. The standard InChI is InChI=1S/C26H32FN5O4/c27-20-8-6-19(7-9-20)22-13-23(29-28-22)26(35)32-15-21(36-17-18-4-5-18)14-31(25(34)16-32)12-2-11-30-10-1-3-24(30)33/h6-9,13,18,21H,1-5,10-12,14-17H2,(H,28,29)/t21-/m1/s1. The number of ether oxygens (including phenoxy) is 1. The lowest BCUT2D eigenvalue weighted by Crippen LogP contribution is -2.40. The first-order valence-corrected chi connectivity index (χ1v) is 12.7. The van der Waals surface area contributed by atoms with Crippen LogP contribution in [0.2, 0.25) is 0 Å². The minimum absolute atomic E-state index is 0.0460. The summed E-state index contributed by atoms with van der Waals surface area (Å²) in [6, 6.07) is 7.51. The van der Waals surface area contributed by atoms with Crippen LogP contribution in [0.1, 0.15) is 42.6 Å². The van der Waals surface area contributed by atoms with Gasteiger partial charge in [-0.3, -0.25) is 19.5 Å². The van der Waals surface area contributed by atoms with Crippen molar-refractivity contribution in [3.63, 3.8) is 0 Å². The molecule has 1 saturated carbocycles. The molecule has 3 fully saturated rings. The number of hydrogen-bond donors (Lipinski definition) is 1. The van der Waals surface area contributed by atoms with Crippen LogP contribution in [-0.2, 0) is 14.3 Å². The van der Waals surface area contributed by atoms with Gasteiger partial charge in [-0.1, -0.05) is 0 Å². The summed E-state index contributed by atoms with van der Waals surface area (Å²) in [5, 5.41) is 6.98. The summed E-state index contributed by atoms with van der Waals surface area (Å²) in [7, 11) is 0. The van der Waals surface area contributed by atoms with Crippen LogP contribution in [0.25, 0.3) is 11.3 Å². The maximum atomic E-state index is 13.3. The number of carbonyl (C=O) groups excluding carboxylic acids is 3. The van der Waals surface area contributed by atoms with E-state index in [0.29, 0.717) is 62.8 Å². The van der Waals surface area contributed by atoms with Gasteiger partial charge < -0.3 is 19.4 Å². The van der Waals surface area contributed by atoms with Gasteiger partial charge >= 0.3 is 0 Å². The van der Waals surface area contributed by atoms with Crippen LogP contribution < -0.4 is 0 Å². The van der Waals surface area contributed by atoms with Crippen LogP contribution in [0, 0.1) is 11.7 Å². The largest absolute Gasteiger partial charge is 0.374 e. The van der Waals surface area contributed by atoms with E-state index in [1.165, 1.54) is 17.0 Å². The van der Waals surface area contributed by atoms with E-state index in [2.05, 4.69) is 10.2 Å². The Bertz CT molecular complexity index is 1100. The first-order valence-electron chi connectivity index (χ1n) is 12.7. The Labute approximate surface area is 209 Å². The first kappa shape index (κ1) is 24.4. The fourth-order valence-electron chi connectivity index (χ4n) is 4.77. The van der Waals surface area contributed by atoms with Crippen LogP contribution >= 0.6 is 0 Å². The van der Waals surface area contributed by atoms with Gasteiger partial charge in [-0.2, -0.15) is 5.10 Å². The molecule has 1 aromatic carbocycles. The summed E-state index contributed by atoms with van der Waals surface area (Å²) in [5.41, 5.74) is 1.48. The number of H-pyrrole nitrogens is 1. The van der Waals surface area contributed by atoms with E-state index in [1.807, 2.05) is 4.90 Å². The summed E-state index contributed by atoms with van der Waals surface area (Å²) >= 11 is 0. The van der Waals surface area contributed by atoms with Crippen molar-refractivity contribution in [1.29, 1.82) is 0 Å². The highest BCUT2D eigenvalue weighted by molar-refractivity contribution is 5.96. The number of benzene rings is 1. The molecule has 5 rings (SSSR count). The second kappa shape index (κ2) is 10.8. The number of amides is 3. The first-order chi connectivity index (χ1) is 17.5. The van der Waals surface area contributed by atoms with Crippen LogP contribution in [0.3, 0.4) is 0 Å². The molecule has 1 N–H and O–H groups in total. The van der Waals surface area contributed by atoms with Crippen LogP contribution in [0.5, 0.6) is 0 Å². The minimum atomic E-state index is -0.345. The molecule has 1 aliphatic carbocycles. The van der Waals surface area contributed by atoms with Crippen LogP contribution in [-0.4, -0.2) is 94.6 Å². The molecule has 1 aromatic heterocycles. The molecule has 0 bridgehead atoms. The average molecular weight is 498 g/mol. The van der Waals surface area contributed by atoms with E-state index < -0.39 is 0 Å². The topological polar surface area (TPSA) is 98.8 Å². The second-order valence-electron chi connectivity index (χ2n) is 9.94. The van der Waals surface area contributed by atoms with Gasteiger partial charge in [-0.05, 0) is 61.9 Å². The maximum Gasteiger partial charge on any atom is 0.272 e. The molecule has 2 aromatic rings. The van der Waals surface area contributed by atoms with Gasteiger partial charge in [0, 0.05) is 51.3 Å². The zero-order chi connectivity index (χ0) is 25.1. The molecule has 2 aliphatic heterocycles. The molecule has 2 saturated heterocycles. The van der Waals surface area contributed by atoms with Crippen molar-refractivity contribution in [2.24, 2.45) is 5.92 Å². The zero-order valence-electron chi connectivity index (χ0n) is 20.3. The van der Waals surface area contributed by atoms with E-state index in [-0.39, 0.29) is 41.9 Å². The van der Waals surface area contributed by atoms with Crippen molar-refractivity contribution < 1.29 is 23.5 Å². The molecular weight excluding hydrogens is 465 g/mol. The fraction of sp³-hybridized carbons (Fsp3) is 0.538. The fourth-order valence-corrected chi connectivity index (χ4v) is 4.77. The van der Waals surface area contributed by atoms with E-state index in [4.69, 9.17) is 4.74 Å². The lowest BCUT2D eigenvalue weighted by molar-refractivity contribution is -0.131. The molecule has 0 spiro atoms. The Balaban J connectivity index is 1.25. The molecule has 9 nitrogen and oxygen atoms in total. The number of nitrogens with one attached hydrogen (secondary N) is 1. The highest BCUT2D eigenvalue weighted by Gasteiger charge is 2.33. The highest BCUT2D eigenvalue weighted by atomic mass is 19.1. The molecular formula is C26H32FN5O4. The van der Waals surface area contributed by atoms with Gasteiger partial charge in [0.25, 0.3) is 5.91 Å². The van der Waals surface area contributed by atoms with Gasteiger partial charge in [-0.15, -0.1) is 0 Å². The van der Waals surface area contributed by atoms with Gasteiger partial charge in [0.05, 0.1) is 11.8 Å². The minimum Gasteiger partial charge on any atom is -0.374 e. The number of carbonyl (C=O) groups is 3. The van der Waals surface area contributed by atoms with E-state index in [0.717, 1.165) is 25.8 Å². The normalized spacial score (nSPS) is 20.8. The van der Waals surface area contributed by atoms with Gasteiger partial charge in [0.1, 0.15) is 18.1 Å². The van der Waals surface area contributed by atoms with Crippen LogP contribution in [0.4, 0.5) is 4.39 Å². The summed E-state index contributed by atoms with van der Waals surface area (Å²) in [6.07, 6.45) is 4.22. The number of halogens is 1. The van der Waals surface area contributed by atoms with Crippen molar-refractivity contribution in [2.75, 3.05) is 45.9 Å². The number of nitrogens with zero attached hydrogens (tertiary/aromatic N) is 4. The molecule has 3 amide bonds. The third-order valence-electron chi connectivity index (χ3n) is 7.05. The molecule has 192 valence electrons. The number of hydrogen-bond acceptors (Lipinski definition) is 5. The summed E-state index contributed by atoms with van der Waals surface area (Å²) in [4.78, 5) is 43.5. The molecule has 1 atom stereocenters. The van der Waals surface area contributed by atoms with E-state index in [9.17, 15) is 18.8 Å². The van der Waals surface area contributed by atoms with Gasteiger partial charge in [-0.25, -0.2) is 4.39 Å². The number of rotatable bonds is 9.